The maximum Gasteiger partial charge on any atom is 0.186 e. The molecule has 0 spiro atoms. The first-order valence-electron chi connectivity index (χ1n) is 5.67. The smallest absolute Gasteiger partial charge is 0.186 e. The average molecular weight is 340 g/mol. The van der Waals surface area contributed by atoms with Crippen LogP contribution in [-0.4, -0.2) is 8.32 Å². The second-order valence-electron chi connectivity index (χ2n) is 5.02. The van der Waals surface area contributed by atoms with Gasteiger partial charge in [0.15, 0.2) is 14.4 Å². The third kappa shape index (κ3) is 2.83. The zero-order valence-corrected chi connectivity index (χ0v) is 13.9. The molecular formula is C13H14BrNOSSi. The number of benzene rings is 1. The van der Waals surface area contributed by atoms with Gasteiger partial charge in [-0.2, -0.15) is 5.26 Å². The van der Waals surface area contributed by atoms with E-state index in [0.29, 0.717) is 0 Å². The summed E-state index contributed by atoms with van der Waals surface area (Å²) >= 11 is 5.22. The van der Waals surface area contributed by atoms with Crippen LogP contribution in [0.5, 0.6) is 0 Å². The van der Waals surface area contributed by atoms with Gasteiger partial charge in [0, 0.05) is 14.6 Å². The SMILES string of the molecule is C[Si](C)(C)OC(C#N)c1sc2ccccc2c1Br. The second kappa shape index (κ2) is 5.14. The van der Waals surface area contributed by atoms with Gasteiger partial charge in [0.05, 0.1) is 10.9 Å². The molecule has 1 atom stereocenters. The summed E-state index contributed by atoms with van der Waals surface area (Å²) in [6, 6.07) is 10.4. The van der Waals surface area contributed by atoms with Gasteiger partial charge in [-0.15, -0.1) is 11.3 Å². The van der Waals surface area contributed by atoms with Crippen molar-refractivity contribution in [3.05, 3.63) is 33.6 Å². The minimum atomic E-state index is -1.73. The highest BCUT2D eigenvalue weighted by Crippen LogP contribution is 2.40. The van der Waals surface area contributed by atoms with Crippen molar-refractivity contribution < 1.29 is 4.43 Å². The summed E-state index contributed by atoms with van der Waals surface area (Å²) in [5.41, 5.74) is 0. The van der Waals surface area contributed by atoms with Gasteiger partial charge in [-0.25, -0.2) is 0 Å². The molecule has 0 saturated heterocycles. The lowest BCUT2D eigenvalue weighted by atomic mass is 10.2. The molecule has 0 aliphatic heterocycles. The van der Waals surface area contributed by atoms with Crippen LogP contribution in [0, 0.1) is 11.3 Å². The van der Waals surface area contributed by atoms with E-state index in [1.807, 2.05) is 12.1 Å². The summed E-state index contributed by atoms with van der Waals surface area (Å²) in [4.78, 5) is 0.973. The van der Waals surface area contributed by atoms with E-state index < -0.39 is 14.4 Å². The number of hydrogen-bond donors (Lipinski definition) is 0. The zero-order chi connectivity index (χ0) is 13.3. The Kier molecular flexibility index (Phi) is 3.92. The van der Waals surface area contributed by atoms with Crippen molar-refractivity contribution in [2.75, 3.05) is 0 Å². The predicted octanol–water partition coefficient (Wildman–Crippen LogP) is 5.08. The van der Waals surface area contributed by atoms with Crippen molar-refractivity contribution in [1.82, 2.24) is 0 Å². The number of halogens is 1. The molecule has 18 heavy (non-hydrogen) atoms. The highest BCUT2D eigenvalue weighted by molar-refractivity contribution is 9.10. The van der Waals surface area contributed by atoms with Crippen LogP contribution in [0.4, 0.5) is 0 Å². The Hall–Kier alpha value is -0.673. The molecule has 1 heterocycles. The summed E-state index contributed by atoms with van der Waals surface area (Å²) in [6.45, 7) is 6.29. The Labute approximate surface area is 120 Å². The summed E-state index contributed by atoms with van der Waals surface area (Å²) in [6.07, 6.45) is -0.469. The van der Waals surface area contributed by atoms with Crippen LogP contribution in [0.15, 0.2) is 28.7 Å². The largest absolute Gasteiger partial charge is 0.398 e. The molecule has 0 bridgehead atoms. The molecule has 94 valence electrons. The predicted molar refractivity (Wildman–Crippen MR) is 82.3 cm³/mol. The van der Waals surface area contributed by atoms with Crippen molar-refractivity contribution >= 4 is 45.7 Å². The van der Waals surface area contributed by atoms with Gasteiger partial charge in [0.2, 0.25) is 0 Å². The average Bonchev–Trinajstić information content (AvgIpc) is 2.63. The van der Waals surface area contributed by atoms with Gasteiger partial charge in [-0.1, -0.05) is 18.2 Å². The summed E-state index contributed by atoms with van der Waals surface area (Å²) in [5.74, 6) is 0. The number of rotatable bonds is 3. The summed E-state index contributed by atoms with van der Waals surface area (Å²) in [7, 11) is -1.73. The third-order valence-electron chi connectivity index (χ3n) is 2.39. The Morgan fingerprint density at radius 2 is 2.00 bits per heavy atom. The Morgan fingerprint density at radius 3 is 2.56 bits per heavy atom. The minimum absolute atomic E-state index is 0.469. The van der Waals surface area contributed by atoms with E-state index >= 15 is 0 Å². The van der Waals surface area contributed by atoms with Crippen molar-refractivity contribution in [3.63, 3.8) is 0 Å². The number of nitrogens with zero attached hydrogens (tertiary/aromatic N) is 1. The molecule has 0 aliphatic carbocycles. The normalized spacial score (nSPS) is 13.5. The number of nitriles is 1. The van der Waals surface area contributed by atoms with Crippen molar-refractivity contribution in [2.24, 2.45) is 0 Å². The van der Waals surface area contributed by atoms with Crippen LogP contribution in [0.25, 0.3) is 10.1 Å². The minimum Gasteiger partial charge on any atom is -0.398 e. The lowest BCUT2D eigenvalue weighted by Gasteiger charge is -2.21. The van der Waals surface area contributed by atoms with E-state index in [2.05, 4.69) is 53.8 Å². The molecule has 0 aliphatic rings. The standard InChI is InChI=1S/C13H14BrNOSSi/c1-18(2,3)16-10(8-15)13-12(14)9-6-4-5-7-11(9)17-13/h4-7,10H,1-3H3. The lowest BCUT2D eigenvalue weighted by molar-refractivity contribution is 0.258. The fraction of sp³-hybridized carbons (Fsp3) is 0.308. The molecule has 0 fully saturated rings. The number of hydrogen-bond acceptors (Lipinski definition) is 3. The van der Waals surface area contributed by atoms with Gasteiger partial charge in [-0.3, -0.25) is 0 Å². The molecule has 2 nitrogen and oxygen atoms in total. The first-order chi connectivity index (χ1) is 8.42. The molecule has 0 saturated carbocycles. The number of thiophene rings is 1. The fourth-order valence-corrected chi connectivity index (χ4v) is 4.66. The van der Waals surface area contributed by atoms with Gasteiger partial charge >= 0.3 is 0 Å². The van der Waals surface area contributed by atoms with E-state index in [1.165, 1.54) is 4.70 Å². The summed E-state index contributed by atoms with van der Waals surface area (Å²) in [5, 5.41) is 10.5. The van der Waals surface area contributed by atoms with Crippen LogP contribution in [-0.2, 0) is 4.43 Å². The molecule has 0 amide bonds. The van der Waals surface area contributed by atoms with Crippen LogP contribution in [0.1, 0.15) is 11.0 Å². The maximum atomic E-state index is 9.33. The summed E-state index contributed by atoms with van der Waals surface area (Å²) < 4.78 is 8.11. The quantitative estimate of drug-likeness (QED) is 0.730. The third-order valence-corrected chi connectivity index (χ3v) is 5.66. The van der Waals surface area contributed by atoms with E-state index in [1.54, 1.807) is 11.3 Å². The Bertz CT molecular complexity index is 611. The zero-order valence-electron chi connectivity index (χ0n) is 10.5. The van der Waals surface area contributed by atoms with Crippen molar-refractivity contribution in [3.8, 4) is 6.07 Å². The van der Waals surface area contributed by atoms with Gasteiger partial charge in [0.25, 0.3) is 0 Å². The fourth-order valence-electron chi connectivity index (χ4n) is 1.69. The highest BCUT2D eigenvalue weighted by atomic mass is 79.9. The Balaban J connectivity index is 2.46. The Morgan fingerprint density at radius 1 is 1.33 bits per heavy atom. The van der Waals surface area contributed by atoms with Crippen molar-refractivity contribution in [1.29, 1.82) is 5.26 Å². The first kappa shape index (κ1) is 13.8. The van der Waals surface area contributed by atoms with Crippen LogP contribution in [0.3, 0.4) is 0 Å². The molecule has 2 rings (SSSR count). The first-order valence-corrected chi connectivity index (χ1v) is 10.7. The molecule has 0 N–H and O–H groups in total. The highest BCUT2D eigenvalue weighted by Gasteiger charge is 2.26. The molecular weight excluding hydrogens is 326 g/mol. The molecule has 2 aromatic rings. The molecule has 1 aromatic carbocycles. The van der Waals surface area contributed by atoms with E-state index in [0.717, 1.165) is 14.7 Å². The maximum absolute atomic E-state index is 9.33. The van der Waals surface area contributed by atoms with Gasteiger partial charge in [0.1, 0.15) is 0 Å². The van der Waals surface area contributed by atoms with Crippen LogP contribution < -0.4 is 0 Å². The molecule has 5 heteroatoms. The topological polar surface area (TPSA) is 33.0 Å². The molecule has 1 aromatic heterocycles. The molecule has 1 unspecified atom stereocenters. The van der Waals surface area contributed by atoms with Crippen LogP contribution in [0.2, 0.25) is 19.6 Å². The monoisotopic (exact) mass is 339 g/mol. The van der Waals surface area contributed by atoms with Gasteiger partial charge in [-0.05, 0) is 41.6 Å². The van der Waals surface area contributed by atoms with E-state index in [-0.39, 0.29) is 0 Å². The van der Waals surface area contributed by atoms with Crippen molar-refractivity contribution in [2.45, 2.75) is 25.7 Å². The van der Waals surface area contributed by atoms with Crippen LogP contribution >= 0.6 is 27.3 Å². The second-order valence-corrected chi connectivity index (χ2v) is 11.4. The lowest BCUT2D eigenvalue weighted by Crippen LogP contribution is -2.27. The number of fused-ring (bicyclic) bond motifs is 1. The van der Waals surface area contributed by atoms with E-state index in [9.17, 15) is 5.26 Å². The van der Waals surface area contributed by atoms with Gasteiger partial charge < -0.3 is 4.43 Å². The van der Waals surface area contributed by atoms with E-state index in [4.69, 9.17) is 4.43 Å². The molecule has 0 radical (unpaired) electrons.